The molecule has 0 saturated carbocycles. The zero-order valence-electron chi connectivity index (χ0n) is 6.92. The van der Waals surface area contributed by atoms with Crippen LogP contribution in [-0.2, 0) is 12.8 Å². The van der Waals surface area contributed by atoms with Crippen LogP contribution in [0.4, 0.5) is 0 Å². The molecule has 12 heavy (non-hydrogen) atoms. The van der Waals surface area contributed by atoms with Gasteiger partial charge in [-0.25, -0.2) is 0 Å². The fraction of sp³-hybridized carbons (Fsp3) is 0.182. The number of fused-ring (bicyclic) bond motifs is 1. The quantitative estimate of drug-likeness (QED) is 0.611. The second kappa shape index (κ2) is 3.02. The Balaban J connectivity index is 2.39. The van der Waals surface area contributed by atoms with Crippen molar-refractivity contribution in [3.8, 4) is 5.75 Å². The summed E-state index contributed by atoms with van der Waals surface area (Å²) in [4.78, 5) is 0. The predicted octanol–water partition coefficient (Wildman–Crippen LogP) is 2.51. The highest BCUT2D eigenvalue weighted by atomic mass is 16.5. The first-order valence-corrected chi connectivity index (χ1v) is 4.13. The van der Waals surface area contributed by atoms with Gasteiger partial charge in [0.05, 0.1) is 6.26 Å². The Morgan fingerprint density at radius 1 is 1.42 bits per heavy atom. The van der Waals surface area contributed by atoms with Crippen LogP contribution in [0.1, 0.15) is 11.1 Å². The molecule has 0 amide bonds. The van der Waals surface area contributed by atoms with Gasteiger partial charge in [-0.2, -0.15) is 0 Å². The van der Waals surface area contributed by atoms with Crippen molar-refractivity contribution in [3.63, 3.8) is 0 Å². The summed E-state index contributed by atoms with van der Waals surface area (Å²) in [5.41, 5.74) is 2.53. The molecule has 0 N–H and O–H groups in total. The lowest BCUT2D eigenvalue weighted by molar-refractivity contribution is 0.464. The molecule has 1 nitrogen and oxygen atoms in total. The van der Waals surface area contributed by atoms with E-state index >= 15 is 0 Å². The van der Waals surface area contributed by atoms with Gasteiger partial charge in [0.1, 0.15) is 5.75 Å². The maximum Gasteiger partial charge on any atom is 0.130 e. The summed E-state index contributed by atoms with van der Waals surface area (Å²) in [7, 11) is 0. The molecule has 1 aliphatic rings. The summed E-state index contributed by atoms with van der Waals surface area (Å²) in [6, 6.07) is 6.23. The molecule has 0 spiro atoms. The molecule has 1 aromatic rings. The standard InChI is InChI=1S/C11H11O/c1-2-9-5-6-11-10(8-9)4-3-7-12-11/h3,5-8H,1-2,4H2. The minimum absolute atomic E-state index is 0.844. The predicted molar refractivity (Wildman–Crippen MR) is 49.0 cm³/mol. The van der Waals surface area contributed by atoms with E-state index in [0.717, 1.165) is 18.6 Å². The average molecular weight is 159 g/mol. The van der Waals surface area contributed by atoms with Crippen molar-refractivity contribution in [2.24, 2.45) is 0 Å². The SMILES string of the molecule is [CH2]Cc1ccc2c(c1)CC=CO2. The molecule has 0 aromatic heterocycles. The molecule has 0 fully saturated rings. The first kappa shape index (κ1) is 7.41. The van der Waals surface area contributed by atoms with Gasteiger partial charge < -0.3 is 4.74 Å². The molecule has 0 atom stereocenters. The molecule has 1 heterocycles. The summed E-state index contributed by atoms with van der Waals surface area (Å²) >= 11 is 0. The second-order valence-corrected chi connectivity index (χ2v) is 2.89. The van der Waals surface area contributed by atoms with Crippen molar-refractivity contribution < 1.29 is 4.74 Å². The van der Waals surface area contributed by atoms with E-state index in [1.165, 1.54) is 11.1 Å². The number of hydrogen-bond acceptors (Lipinski definition) is 1. The summed E-state index contributed by atoms with van der Waals surface area (Å²) in [5, 5.41) is 0. The highest BCUT2D eigenvalue weighted by Crippen LogP contribution is 2.24. The van der Waals surface area contributed by atoms with Crippen LogP contribution in [0.5, 0.6) is 5.75 Å². The van der Waals surface area contributed by atoms with E-state index in [1.807, 2.05) is 12.1 Å². The van der Waals surface area contributed by atoms with E-state index in [0.29, 0.717) is 0 Å². The van der Waals surface area contributed by atoms with Crippen molar-refractivity contribution in [2.45, 2.75) is 12.8 Å². The van der Waals surface area contributed by atoms with Crippen LogP contribution in [0.3, 0.4) is 0 Å². The van der Waals surface area contributed by atoms with Crippen LogP contribution >= 0.6 is 0 Å². The van der Waals surface area contributed by atoms with Crippen LogP contribution < -0.4 is 4.74 Å². The third kappa shape index (κ3) is 1.22. The molecule has 0 bridgehead atoms. The zero-order valence-corrected chi connectivity index (χ0v) is 6.92. The van der Waals surface area contributed by atoms with Crippen LogP contribution in [0, 0.1) is 6.92 Å². The molecular formula is C11H11O. The van der Waals surface area contributed by atoms with Gasteiger partial charge in [0, 0.05) is 0 Å². The van der Waals surface area contributed by atoms with Gasteiger partial charge in [0.15, 0.2) is 0 Å². The van der Waals surface area contributed by atoms with Crippen LogP contribution in [0.15, 0.2) is 30.5 Å². The lowest BCUT2D eigenvalue weighted by Crippen LogP contribution is -1.97. The summed E-state index contributed by atoms with van der Waals surface area (Å²) in [5.74, 6) is 0.981. The van der Waals surface area contributed by atoms with Crippen molar-refractivity contribution in [2.75, 3.05) is 0 Å². The van der Waals surface area contributed by atoms with Crippen LogP contribution in [0.2, 0.25) is 0 Å². The van der Waals surface area contributed by atoms with Crippen LogP contribution in [0.25, 0.3) is 0 Å². The zero-order chi connectivity index (χ0) is 8.39. The minimum atomic E-state index is 0.844. The summed E-state index contributed by atoms with van der Waals surface area (Å²) in [6.07, 6.45) is 5.58. The summed E-state index contributed by atoms with van der Waals surface area (Å²) in [6.45, 7) is 3.85. The number of ether oxygens (including phenoxy) is 1. The lowest BCUT2D eigenvalue weighted by Gasteiger charge is -2.12. The third-order valence-electron chi connectivity index (χ3n) is 2.04. The average Bonchev–Trinajstić information content (AvgIpc) is 2.17. The van der Waals surface area contributed by atoms with Crippen molar-refractivity contribution in [3.05, 3.63) is 48.6 Å². The highest BCUT2D eigenvalue weighted by molar-refractivity contribution is 5.40. The Hall–Kier alpha value is -1.24. The number of benzene rings is 1. The van der Waals surface area contributed by atoms with Gasteiger partial charge in [0.2, 0.25) is 0 Å². The first-order chi connectivity index (χ1) is 5.90. The Morgan fingerprint density at radius 2 is 2.33 bits per heavy atom. The Bertz CT molecular complexity index is 313. The monoisotopic (exact) mass is 159 g/mol. The minimum Gasteiger partial charge on any atom is -0.465 e. The highest BCUT2D eigenvalue weighted by Gasteiger charge is 2.05. The molecule has 1 heteroatoms. The number of hydrogen-bond donors (Lipinski definition) is 0. The second-order valence-electron chi connectivity index (χ2n) is 2.89. The third-order valence-corrected chi connectivity index (χ3v) is 2.04. The molecule has 0 unspecified atom stereocenters. The van der Waals surface area contributed by atoms with Crippen molar-refractivity contribution >= 4 is 0 Å². The van der Waals surface area contributed by atoms with E-state index in [9.17, 15) is 0 Å². The molecular weight excluding hydrogens is 148 g/mol. The maximum atomic E-state index is 5.32. The van der Waals surface area contributed by atoms with Crippen LogP contribution in [-0.4, -0.2) is 0 Å². The summed E-state index contributed by atoms with van der Waals surface area (Å²) < 4.78 is 5.32. The van der Waals surface area contributed by atoms with E-state index in [-0.39, 0.29) is 0 Å². The van der Waals surface area contributed by atoms with Crippen molar-refractivity contribution in [1.29, 1.82) is 0 Å². The Labute approximate surface area is 72.7 Å². The number of rotatable bonds is 1. The molecule has 0 aliphatic carbocycles. The van der Waals surface area contributed by atoms with Gasteiger partial charge in [-0.05, 0) is 43.0 Å². The Morgan fingerprint density at radius 3 is 3.17 bits per heavy atom. The normalized spacial score (nSPS) is 13.8. The topological polar surface area (TPSA) is 9.23 Å². The molecule has 1 aliphatic heterocycles. The van der Waals surface area contributed by atoms with Gasteiger partial charge in [-0.15, -0.1) is 0 Å². The fourth-order valence-electron chi connectivity index (χ4n) is 1.36. The van der Waals surface area contributed by atoms with Crippen molar-refractivity contribution in [1.82, 2.24) is 0 Å². The molecule has 2 rings (SSSR count). The van der Waals surface area contributed by atoms with E-state index < -0.39 is 0 Å². The lowest BCUT2D eigenvalue weighted by atomic mass is 10.0. The maximum absolute atomic E-state index is 5.32. The molecule has 0 saturated heterocycles. The van der Waals surface area contributed by atoms with Gasteiger partial charge >= 0.3 is 0 Å². The fourth-order valence-corrected chi connectivity index (χ4v) is 1.36. The smallest absolute Gasteiger partial charge is 0.130 e. The van der Waals surface area contributed by atoms with Gasteiger partial charge in [-0.1, -0.05) is 12.1 Å². The molecule has 1 aromatic carbocycles. The van der Waals surface area contributed by atoms with Gasteiger partial charge in [0.25, 0.3) is 0 Å². The largest absolute Gasteiger partial charge is 0.465 e. The van der Waals surface area contributed by atoms with E-state index in [1.54, 1.807) is 6.26 Å². The molecule has 61 valence electrons. The first-order valence-electron chi connectivity index (χ1n) is 4.13. The number of allylic oxidation sites excluding steroid dienone is 1. The van der Waals surface area contributed by atoms with E-state index in [2.05, 4.69) is 19.1 Å². The van der Waals surface area contributed by atoms with Gasteiger partial charge in [-0.3, -0.25) is 0 Å². The Kier molecular flexibility index (Phi) is 1.86. The van der Waals surface area contributed by atoms with E-state index in [4.69, 9.17) is 4.74 Å². The molecule has 1 radical (unpaired) electrons.